The fourth-order valence-electron chi connectivity index (χ4n) is 2.91. The predicted molar refractivity (Wildman–Crippen MR) is 86.0 cm³/mol. The summed E-state index contributed by atoms with van der Waals surface area (Å²) in [4.78, 5) is 12.9. The van der Waals surface area contributed by atoms with Crippen LogP contribution in [0.15, 0.2) is 28.7 Å². The Morgan fingerprint density at radius 1 is 1.35 bits per heavy atom. The minimum Gasteiger partial charge on any atom is -0.478 e. The number of hydrogen-bond donors (Lipinski definition) is 1. The highest BCUT2D eigenvalue weighted by atomic mass is 79.9. The lowest BCUT2D eigenvalue weighted by Crippen LogP contribution is -2.38. The molecule has 1 fully saturated rings. The van der Waals surface area contributed by atoms with Crippen LogP contribution in [-0.2, 0) is 4.79 Å². The molecule has 20 heavy (non-hydrogen) atoms. The molecule has 1 aromatic carbocycles. The average Bonchev–Trinajstić information content (AvgIpc) is 2.35. The standard InChI is InChI=1S/C16H20BrNO2/c1-11-7-12(2)10-18(9-11)15-5-3-13(8-14(15)17)4-6-16(19)20/h3-6,8,11-12H,7,9-10H2,1-2H3,(H,19,20)/b6-4+. The third-order valence-electron chi connectivity index (χ3n) is 3.60. The summed E-state index contributed by atoms with van der Waals surface area (Å²) in [5, 5.41) is 8.65. The van der Waals surface area contributed by atoms with Crippen LogP contribution < -0.4 is 4.90 Å². The Hall–Kier alpha value is -1.29. The Bertz CT molecular complexity index is 517. The van der Waals surface area contributed by atoms with E-state index in [1.165, 1.54) is 12.1 Å². The zero-order valence-corrected chi connectivity index (χ0v) is 13.4. The molecule has 0 spiro atoms. The van der Waals surface area contributed by atoms with Crippen molar-refractivity contribution in [2.75, 3.05) is 18.0 Å². The molecular weight excluding hydrogens is 318 g/mol. The minimum atomic E-state index is -0.927. The summed E-state index contributed by atoms with van der Waals surface area (Å²) >= 11 is 3.61. The van der Waals surface area contributed by atoms with Crippen molar-refractivity contribution in [1.82, 2.24) is 0 Å². The molecule has 4 heteroatoms. The number of carbonyl (C=O) groups is 1. The number of nitrogens with zero attached hydrogens (tertiary/aromatic N) is 1. The molecule has 1 N–H and O–H groups in total. The van der Waals surface area contributed by atoms with Crippen molar-refractivity contribution in [3.05, 3.63) is 34.3 Å². The van der Waals surface area contributed by atoms with Crippen molar-refractivity contribution in [1.29, 1.82) is 0 Å². The minimum absolute atomic E-state index is 0.706. The van der Waals surface area contributed by atoms with E-state index in [-0.39, 0.29) is 0 Å². The molecule has 1 saturated heterocycles. The van der Waals surface area contributed by atoms with Crippen LogP contribution in [0.2, 0.25) is 0 Å². The molecule has 1 heterocycles. The maximum atomic E-state index is 10.5. The predicted octanol–water partition coefficient (Wildman–Crippen LogP) is 4.03. The van der Waals surface area contributed by atoms with Crippen LogP contribution in [0.5, 0.6) is 0 Å². The van der Waals surface area contributed by atoms with Crippen molar-refractivity contribution in [3.8, 4) is 0 Å². The lowest BCUT2D eigenvalue weighted by molar-refractivity contribution is -0.131. The van der Waals surface area contributed by atoms with Gasteiger partial charge in [-0.15, -0.1) is 0 Å². The van der Waals surface area contributed by atoms with Gasteiger partial charge < -0.3 is 10.0 Å². The summed E-state index contributed by atoms with van der Waals surface area (Å²) in [5.41, 5.74) is 2.08. The van der Waals surface area contributed by atoms with Crippen LogP contribution >= 0.6 is 15.9 Å². The molecular formula is C16H20BrNO2. The fraction of sp³-hybridized carbons (Fsp3) is 0.438. The van der Waals surface area contributed by atoms with Gasteiger partial charge in [0.2, 0.25) is 0 Å². The Morgan fingerprint density at radius 3 is 2.55 bits per heavy atom. The topological polar surface area (TPSA) is 40.5 Å². The molecule has 3 nitrogen and oxygen atoms in total. The number of piperidine rings is 1. The Kier molecular flexibility index (Phi) is 4.86. The molecule has 2 rings (SSSR count). The highest BCUT2D eigenvalue weighted by Gasteiger charge is 2.23. The molecule has 2 unspecified atom stereocenters. The van der Waals surface area contributed by atoms with E-state index in [1.807, 2.05) is 12.1 Å². The van der Waals surface area contributed by atoms with Gasteiger partial charge in [0.15, 0.2) is 0 Å². The number of carboxylic acids is 1. The summed E-state index contributed by atoms with van der Waals surface area (Å²) in [6, 6.07) is 6.00. The molecule has 2 atom stereocenters. The molecule has 1 aliphatic heterocycles. The van der Waals surface area contributed by atoms with Gasteiger partial charge in [0.05, 0.1) is 5.69 Å². The molecule has 1 aliphatic rings. The van der Waals surface area contributed by atoms with Crippen molar-refractivity contribution < 1.29 is 9.90 Å². The molecule has 0 amide bonds. The second-order valence-electron chi connectivity index (χ2n) is 5.73. The maximum absolute atomic E-state index is 10.5. The van der Waals surface area contributed by atoms with Crippen LogP contribution in [0.3, 0.4) is 0 Å². The first-order valence-electron chi connectivity index (χ1n) is 6.91. The average molecular weight is 338 g/mol. The van der Waals surface area contributed by atoms with E-state index in [0.29, 0.717) is 11.8 Å². The molecule has 0 saturated carbocycles. The first-order valence-corrected chi connectivity index (χ1v) is 7.70. The summed E-state index contributed by atoms with van der Waals surface area (Å²) in [5.74, 6) is 0.485. The first-order chi connectivity index (χ1) is 9.45. The zero-order chi connectivity index (χ0) is 14.7. The van der Waals surface area contributed by atoms with Crippen LogP contribution in [0, 0.1) is 11.8 Å². The third-order valence-corrected chi connectivity index (χ3v) is 4.23. The number of carboxylic acid groups (broad SMARTS) is 1. The smallest absolute Gasteiger partial charge is 0.328 e. The van der Waals surface area contributed by atoms with Gasteiger partial charge in [0.1, 0.15) is 0 Å². The van der Waals surface area contributed by atoms with Gasteiger partial charge in [-0.2, -0.15) is 0 Å². The zero-order valence-electron chi connectivity index (χ0n) is 11.8. The van der Waals surface area contributed by atoms with Crippen LogP contribution in [-0.4, -0.2) is 24.2 Å². The molecule has 108 valence electrons. The van der Waals surface area contributed by atoms with Gasteiger partial charge in [-0.05, 0) is 58.0 Å². The second-order valence-corrected chi connectivity index (χ2v) is 6.59. The number of halogens is 1. The van der Waals surface area contributed by atoms with E-state index < -0.39 is 5.97 Å². The molecule has 0 radical (unpaired) electrons. The summed E-state index contributed by atoms with van der Waals surface area (Å²) in [7, 11) is 0. The molecule has 1 aromatic rings. The van der Waals surface area contributed by atoms with Gasteiger partial charge in [0.25, 0.3) is 0 Å². The number of hydrogen-bond acceptors (Lipinski definition) is 2. The monoisotopic (exact) mass is 337 g/mol. The van der Waals surface area contributed by atoms with Crippen molar-refractivity contribution >= 4 is 33.7 Å². The summed E-state index contributed by atoms with van der Waals surface area (Å²) in [6.07, 6.45) is 4.05. The van der Waals surface area contributed by atoms with E-state index in [4.69, 9.17) is 5.11 Å². The van der Waals surface area contributed by atoms with Gasteiger partial charge in [0, 0.05) is 23.6 Å². The fourth-order valence-corrected chi connectivity index (χ4v) is 3.56. The Morgan fingerprint density at radius 2 is 2.00 bits per heavy atom. The highest BCUT2D eigenvalue weighted by Crippen LogP contribution is 2.32. The van der Waals surface area contributed by atoms with Gasteiger partial charge in [-0.25, -0.2) is 4.79 Å². The largest absolute Gasteiger partial charge is 0.478 e. The van der Waals surface area contributed by atoms with E-state index >= 15 is 0 Å². The van der Waals surface area contributed by atoms with Crippen molar-refractivity contribution in [3.63, 3.8) is 0 Å². The molecule has 0 bridgehead atoms. The SMILES string of the molecule is CC1CC(C)CN(c2ccc(/C=C/C(=O)O)cc2Br)C1. The lowest BCUT2D eigenvalue weighted by Gasteiger charge is -2.37. The van der Waals surface area contributed by atoms with Crippen molar-refractivity contribution in [2.24, 2.45) is 11.8 Å². The van der Waals surface area contributed by atoms with E-state index in [2.05, 4.69) is 40.7 Å². The van der Waals surface area contributed by atoms with Gasteiger partial charge in [-0.3, -0.25) is 0 Å². The normalized spacial score (nSPS) is 23.2. The van der Waals surface area contributed by atoms with Crippen LogP contribution in [0.4, 0.5) is 5.69 Å². The Labute approximate surface area is 128 Å². The summed E-state index contributed by atoms with van der Waals surface area (Å²) < 4.78 is 1.02. The van der Waals surface area contributed by atoms with Gasteiger partial charge in [-0.1, -0.05) is 19.9 Å². The van der Waals surface area contributed by atoms with Crippen LogP contribution in [0.1, 0.15) is 25.8 Å². The van der Waals surface area contributed by atoms with E-state index in [9.17, 15) is 4.79 Å². The number of benzene rings is 1. The van der Waals surface area contributed by atoms with E-state index in [0.717, 1.165) is 29.2 Å². The quantitative estimate of drug-likeness (QED) is 0.846. The third kappa shape index (κ3) is 3.85. The van der Waals surface area contributed by atoms with Crippen LogP contribution in [0.25, 0.3) is 6.08 Å². The Balaban J connectivity index is 2.19. The molecule has 0 aliphatic carbocycles. The second kappa shape index (κ2) is 6.44. The lowest BCUT2D eigenvalue weighted by atomic mass is 9.91. The van der Waals surface area contributed by atoms with Gasteiger partial charge >= 0.3 is 5.97 Å². The van der Waals surface area contributed by atoms with Crippen molar-refractivity contribution in [2.45, 2.75) is 20.3 Å². The molecule has 0 aromatic heterocycles. The number of rotatable bonds is 3. The number of aliphatic carboxylic acids is 1. The summed E-state index contributed by atoms with van der Waals surface area (Å²) in [6.45, 7) is 6.74. The van der Waals surface area contributed by atoms with E-state index in [1.54, 1.807) is 6.08 Å². The highest BCUT2D eigenvalue weighted by molar-refractivity contribution is 9.10. The maximum Gasteiger partial charge on any atom is 0.328 e. The first kappa shape index (κ1) is 15.1. The number of anilines is 1.